The molecule has 0 N–H and O–H groups in total. The Morgan fingerprint density at radius 1 is 0.757 bits per heavy atom. The standard InChI is InChI=1S/C32H26N2O3/c1-2-17-37-26-16-15-19-9-3-4-10-20(19)25(26)18-33-34-31(35)29-27-21-11-5-6-12-22(21)28(30(29)32(34)36)24-14-8-7-13-23(24)27/h3-16,18,27-30H,2,17H2,1H3/b33-18-/t27?,28?,29-,30-/m1/s1. The molecule has 2 amide bonds. The van der Waals surface area contributed by atoms with Crippen molar-refractivity contribution in [2.45, 2.75) is 25.2 Å². The van der Waals surface area contributed by atoms with Crippen LogP contribution in [0.3, 0.4) is 0 Å². The van der Waals surface area contributed by atoms with E-state index in [1.54, 1.807) is 6.21 Å². The number of amides is 2. The van der Waals surface area contributed by atoms with Crippen molar-refractivity contribution in [3.05, 3.63) is 113 Å². The van der Waals surface area contributed by atoms with Gasteiger partial charge in [-0.3, -0.25) is 9.59 Å². The van der Waals surface area contributed by atoms with Gasteiger partial charge in [0.25, 0.3) is 11.8 Å². The Bertz CT molecular complexity index is 1490. The monoisotopic (exact) mass is 486 g/mol. The average Bonchev–Trinajstić information content (AvgIpc) is 3.20. The topological polar surface area (TPSA) is 59.0 Å². The first-order chi connectivity index (χ1) is 18.2. The summed E-state index contributed by atoms with van der Waals surface area (Å²) in [5.74, 6) is -0.908. The van der Waals surface area contributed by atoms with Crippen LogP contribution >= 0.6 is 0 Å². The number of carbonyl (C=O) groups excluding carboxylic acids is 2. The van der Waals surface area contributed by atoms with Crippen LogP contribution in [0.5, 0.6) is 5.75 Å². The second-order valence-electron chi connectivity index (χ2n) is 10.0. The van der Waals surface area contributed by atoms with Gasteiger partial charge in [0.15, 0.2) is 0 Å². The molecule has 2 atom stereocenters. The van der Waals surface area contributed by atoms with E-state index in [2.05, 4.69) is 36.3 Å². The molecule has 1 aliphatic heterocycles. The first-order valence-corrected chi connectivity index (χ1v) is 12.9. The van der Waals surface area contributed by atoms with Crippen LogP contribution in [0.25, 0.3) is 10.8 Å². The van der Waals surface area contributed by atoms with Crippen molar-refractivity contribution in [1.29, 1.82) is 0 Å². The number of carbonyl (C=O) groups is 2. The molecule has 0 spiro atoms. The Labute approximate surface area is 215 Å². The van der Waals surface area contributed by atoms with Gasteiger partial charge in [-0.25, -0.2) is 0 Å². The number of benzene rings is 4. The zero-order valence-corrected chi connectivity index (χ0v) is 20.5. The van der Waals surface area contributed by atoms with Gasteiger partial charge in [0.2, 0.25) is 0 Å². The highest BCUT2D eigenvalue weighted by molar-refractivity contribution is 6.09. The van der Waals surface area contributed by atoms with Gasteiger partial charge in [-0.1, -0.05) is 85.8 Å². The molecular weight excluding hydrogens is 460 g/mol. The maximum absolute atomic E-state index is 13.9. The molecule has 3 aliphatic carbocycles. The van der Waals surface area contributed by atoms with Gasteiger partial charge in [-0.2, -0.15) is 10.1 Å². The largest absolute Gasteiger partial charge is 0.493 e. The molecule has 4 aromatic rings. The lowest BCUT2D eigenvalue weighted by atomic mass is 9.55. The van der Waals surface area contributed by atoms with Crippen LogP contribution in [0, 0.1) is 11.8 Å². The molecule has 182 valence electrons. The summed E-state index contributed by atoms with van der Waals surface area (Å²) < 4.78 is 6.01. The average molecular weight is 487 g/mol. The van der Waals surface area contributed by atoms with Gasteiger partial charge < -0.3 is 4.74 Å². The molecule has 5 nitrogen and oxygen atoms in total. The summed E-state index contributed by atoms with van der Waals surface area (Å²) >= 11 is 0. The van der Waals surface area contributed by atoms with E-state index in [0.717, 1.165) is 50.0 Å². The van der Waals surface area contributed by atoms with Gasteiger partial charge in [0, 0.05) is 17.4 Å². The number of hydrogen-bond donors (Lipinski definition) is 0. The molecule has 4 aromatic carbocycles. The van der Waals surface area contributed by atoms with E-state index in [1.807, 2.05) is 60.7 Å². The van der Waals surface area contributed by atoms with Crippen LogP contribution in [0.2, 0.25) is 0 Å². The SMILES string of the molecule is CCCOc1ccc2ccccc2c1/C=N\N1C(=O)[C@@H]2C3c4ccccc4C(c4ccccc43)[C@H]2C1=O. The van der Waals surface area contributed by atoms with E-state index < -0.39 is 11.8 Å². The van der Waals surface area contributed by atoms with Crippen molar-refractivity contribution in [2.24, 2.45) is 16.9 Å². The van der Waals surface area contributed by atoms with Crippen LogP contribution in [-0.4, -0.2) is 29.6 Å². The van der Waals surface area contributed by atoms with Crippen molar-refractivity contribution >= 4 is 28.8 Å². The van der Waals surface area contributed by atoms with E-state index in [1.165, 1.54) is 0 Å². The molecule has 0 radical (unpaired) electrons. The summed E-state index contributed by atoms with van der Waals surface area (Å²) in [5, 5.41) is 7.69. The number of ether oxygens (including phenoxy) is 1. The fourth-order valence-electron chi connectivity index (χ4n) is 6.64. The molecule has 37 heavy (non-hydrogen) atoms. The summed E-state index contributed by atoms with van der Waals surface area (Å²) in [4.78, 5) is 27.7. The minimum absolute atomic E-state index is 0.139. The van der Waals surface area contributed by atoms with Gasteiger partial charge >= 0.3 is 0 Å². The van der Waals surface area contributed by atoms with Crippen molar-refractivity contribution in [1.82, 2.24) is 5.01 Å². The molecule has 5 heteroatoms. The molecular formula is C32H26N2O3. The van der Waals surface area contributed by atoms with E-state index >= 15 is 0 Å². The van der Waals surface area contributed by atoms with Crippen LogP contribution in [-0.2, 0) is 9.59 Å². The van der Waals surface area contributed by atoms with Crippen LogP contribution in [0.1, 0.15) is 53.0 Å². The van der Waals surface area contributed by atoms with Crippen molar-refractivity contribution < 1.29 is 14.3 Å². The number of fused-ring (bicyclic) bond motifs is 1. The number of nitrogens with zero attached hydrogens (tertiary/aromatic N) is 2. The van der Waals surface area contributed by atoms with E-state index in [-0.39, 0.29) is 23.7 Å². The van der Waals surface area contributed by atoms with E-state index in [9.17, 15) is 9.59 Å². The lowest BCUT2D eigenvalue weighted by Gasteiger charge is -2.45. The van der Waals surface area contributed by atoms with Crippen molar-refractivity contribution in [3.63, 3.8) is 0 Å². The Kier molecular flexibility index (Phi) is 5.00. The summed E-state index contributed by atoms with van der Waals surface area (Å²) in [5.41, 5.74) is 5.40. The summed E-state index contributed by atoms with van der Waals surface area (Å²) in [6.45, 7) is 2.63. The van der Waals surface area contributed by atoms with Gasteiger partial charge in [-0.05, 0) is 45.5 Å². The van der Waals surface area contributed by atoms with Crippen LogP contribution in [0.15, 0.2) is 90.0 Å². The quantitative estimate of drug-likeness (QED) is 0.262. The molecule has 0 saturated carbocycles. The lowest BCUT2D eigenvalue weighted by Crippen LogP contribution is -2.41. The molecule has 8 rings (SSSR count). The molecule has 1 saturated heterocycles. The maximum atomic E-state index is 13.9. The minimum Gasteiger partial charge on any atom is -0.493 e. The molecule has 2 bridgehead atoms. The Morgan fingerprint density at radius 3 is 1.86 bits per heavy atom. The highest BCUT2D eigenvalue weighted by Gasteiger charge is 2.61. The summed E-state index contributed by atoms with van der Waals surface area (Å²) in [7, 11) is 0. The van der Waals surface area contributed by atoms with Crippen molar-refractivity contribution in [2.75, 3.05) is 6.61 Å². The fraction of sp³-hybridized carbons (Fsp3) is 0.219. The van der Waals surface area contributed by atoms with E-state index in [0.29, 0.717) is 12.4 Å². The van der Waals surface area contributed by atoms with Gasteiger partial charge in [0.1, 0.15) is 5.75 Å². The predicted octanol–water partition coefficient (Wildman–Crippen LogP) is 5.85. The third-order valence-corrected chi connectivity index (χ3v) is 8.12. The van der Waals surface area contributed by atoms with Crippen molar-refractivity contribution in [3.8, 4) is 5.75 Å². The summed E-state index contributed by atoms with van der Waals surface area (Å²) in [6.07, 6.45) is 2.50. The first kappa shape index (κ1) is 22.0. The number of imide groups is 1. The highest BCUT2D eigenvalue weighted by atomic mass is 16.5. The number of hydrazone groups is 1. The normalized spacial score (nSPS) is 23.4. The Morgan fingerprint density at radius 2 is 1.30 bits per heavy atom. The van der Waals surface area contributed by atoms with Gasteiger partial charge in [0.05, 0.1) is 24.7 Å². The predicted molar refractivity (Wildman–Crippen MR) is 143 cm³/mol. The molecule has 1 fully saturated rings. The Balaban J connectivity index is 1.32. The summed E-state index contributed by atoms with van der Waals surface area (Å²) in [6, 6.07) is 28.5. The van der Waals surface area contributed by atoms with Gasteiger partial charge in [-0.15, -0.1) is 0 Å². The smallest absolute Gasteiger partial charge is 0.254 e. The van der Waals surface area contributed by atoms with Crippen LogP contribution < -0.4 is 4.74 Å². The zero-order valence-electron chi connectivity index (χ0n) is 20.5. The minimum atomic E-state index is -0.442. The lowest BCUT2D eigenvalue weighted by molar-refractivity contribution is -0.139. The molecule has 1 heterocycles. The third-order valence-electron chi connectivity index (χ3n) is 8.12. The highest BCUT2D eigenvalue weighted by Crippen LogP contribution is 2.60. The third kappa shape index (κ3) is 3.13. The zero-order chi connectivity index (χ0) is 25.1. The van der Waals surface area contributed by atoms with E-state index in [4.69, 9.17) is 4.74 Å². The fourth-order valence-corrected chi connectivity index (χ4v) is 6.64. The second-order valence-corrected chi connectivity index (χ2v) is 10.0. The molecule has 4 aliphatic rings. The molecule has 0 aromatic heterocycles. The first-order valence-electron chi connectivity index (χ1n) is 12.9. The Hall–Kier alpha value is -4.25. The molecule has 0 unspecified atom stereocenters. The second kappa shape index (κ2) is 8.41. The maximum Gasteiger partial charge on any atom is 0.254 e. The number of rotatable bonds is 5. The van der Waals surface area contributed by atoms with Crippen LogP contribution in [0.4, 0.5) is 0 Å². The number of hydrogen-bond acceptors (Lipinski definition) is 4.